The lowest BCUT2D eigenvalue weighted by molar-refractivity contribution is 0.373. The molecule has 0 fully saturated rings. The fraction of sp³-hybridized carbons (Fsp3) is 0.316. The number of pyridine rings is 1. The summed E-state index contributed by atoms with van der Waals surface area (Å²) in [5.74, 6) is 1.39. The van der Waals surface area contributed by atoms with Gasteiger partial charge in [-0.05, 0) is 43.5 Å². The summed E-state index contributed by atoms with van der Waals surface area (Å²) >= 11 is 6.04. The van der Waals surface area contributed by atoms with Crippen LogP contribution in [-0.2, 0) is 6.42 Å². The van der Waals surface area contributed by atoms with E-state index in [1.165, 1.54) is 7.11 Å². The van der Waals surface area contributed by atoms with Crippen molar-refractivity contribution >= 4 is 11.6 Å². The number of benzene rings is 1. The lowest BCUT2D eigenvalue weighted by Crippen LogP contribution is -1.99. The molecule has 0 unspecified atom stereocenters. The Morgan fingerprint density at radius 2 is 1.92 bits per heavy atom. The van der Waals surface area contributed by atoms with Crippen LogP contribution in [0.1, 0.15) is 25.2 Å². The van der Waals surface area contributed by atoms with Gasteiger partial charge >= 0.3 is 0 Å². The Labute approximate surface area is 156 Å². The number of aromatic nitrogens is 3. The maximum absolute atomic E-state index is 9.86. The van der Waals surface area contributed by atoms with Crippen molar-refractivity contribution in [2.75, 3.05) is 7.11 Å². The van der Waals surface area contributed by atoms with Crippen LogP contribution in [0, 0.1) is 12.8 Å². The molecule has 0 aliphatic rings. The monoisotopic (exact) mass is 373 g/mol. The first-order chi connectivity index (χ1) is 12.4. The van der Waals surface area contributed by atoms with Crippen molar-refractivity contribution in [3.05, 3.63) is 40.7 Å². The van der Waals surface area contributed by atoms with Gasteiger partial charge in [0.1, 0.15) is 0 Å². The number of nitrogens with zero attached hydrogens (tertiary/aromatic N) is 3. The Kier molecular flexibility index (Phi) is 5.13. The highest BCUT2D eigenvalue weighted by molar-refractivity contribution is 6.32. The van der Waals surface area contributed by atoms with Crippen LogP contribution in [0.5, 0.6) is 11.5 Å². The molecule has 0 atom stereocenters. The minimum atomic E-state index is -0.121. The molecule has 3 aromatic rings. The van der Waals surface area contributed by atoms with Gasteiger partial charge in [0, 0.05) is 22.5 Å². The SMILES string of the molecule is COc1cc(-c2noc(-c3cc(C)nc(CC(C)C)c3)n2)cc(Cl)c1O. The van der Waals surface area contributed by atoms with Gasteiger partial charge in [-0.15, -0.1) is 0 Å². The third kappa shape index (κ3) is 3.80. The van der Waals surface area contributed by atoms with E-state index < -0.39 is 0 Å². The first-order valence-corrected chi connectivity index (χ1v) is 8.63. The first kappa shape index (κ1) is 18.2. The number of halogens is 1. The Morgan fingerprint density at radius 3 is 2.62 bits per heavy atom. The number of hydrogen-bond acceptors (Lipinski definition) is 6. The number of aryl methyl sites for hydroxylation is 1. The molecular formula is C19H20ClN3O3. The molecule has 0 aliphatic heterocycles. The average Bonchev–Trinajstić information content (AvgIpc) is 3.06. The molecule has 26 heavy (non-hydrogen) atoms. The second kappa shape index (κ2) is 7.33. The number of hydrogen-bond donors (Lipinski definition) is 1. The summed E-state index contributed by atoms with van der Waals surface area (Å²) in [6.07, 6.45) is 0.875. The van der Waals surface area contributed by atoms with Gasteiger partial charge in [-0.2, -0.15) is 4.98 Å². The van der Waals surface area contributed by atoms with Gasteiger partial charge in [-0.1, -0.05) is 30.6 Å². The summed E-state index contributed by atoms with van der Waals surface area (Å²) in [6.45, 7) is 6.24. The van der Waals surface area contributed by atoms with E-state index in [-0.39, 0.29) is 16.5 Å². The maximum atomic E-state index is 9.86. The van der Waals surface area contributed by atoms with Crippen molar-refractivity contribution in [1.29, 1.82) is 0 Å². The molecule has 1 N–H and O–H groups in total. The predicted molar refractivity (Wildman–Crippen MR) is 99.5 cm³/mol. The molecule has 1 aromatic carbocycles. The molecule has 0 spiro atoms. The molecule has 2 heterocycles. The zero-order valence-electron chi connectivity index (χ0n) is 15.1. The van der Waals surface area contributed by atoms with Gasteiger partial charge in [-0.3, -0.25) is 4.98 Å². The number of aromatic hydroxyl groups is 1. The molecule has 0 aliphatic carbocycles. The Hall–Kier alpha value is -2.60. The van der Waals surface area contributed by atoms with E-state index in [0.717, 1.165) is 23.4 Å². The number of phenols is 1. The fourth-order valence-corrected chi connectivity index (χ4v) is 2.91. The average molecular weight is 374 g/mol. The van der Waals surface area contributed by atoms with Crippen molar-refractivity contribution in [2.24, 2.45) is 5.92 Å². The van der Waals surface area contributed by atoms with Crippen LogP contribution in [0.4, 0.5) is 0 Å². The summed E-state index contributed by atoms with van der Waals surface area (Å²) in [5, 5.41) is 14.0. The fourth-order valence-electron chi connectivity index (χ4n) is 2.70. The Balaban J connectivity index is 1.98. The zero-order valence-corrected chi connectivity index (χ0v) is 15.8. The molecule has 6 nitrogen and oxygen atoms in total. The molecule has 0 radical (unpaired) electrons. The third-order valence-corrected chi connectivity index (χ3v) is 4.09. The summed E-state index contributed by atoms with van der Waals surface area (Å²) in [4.78, 5) is 9.01. The van der Waals surface area contributed by atoms with E-state index in [0.29, 0.717) is 23.2 Å². The molecule has 0 saturated carbocycles. The van der Waals surface area contributed by atoms with Crippen molar-refractivity contribution < 1.29 is 14.4 Å². The molecular weight excluding hydrogens is 354 g/mol. The quantitative estimate of drug-likeness (QED) is 0.699. The van der Waals surface area contributed by atoms with Gasteiger partial charge in [0.25, 0.3) is 5.89 Å². The summed E-state index contributed by atoms with van der Waals surface area (Å²) in [6, 6.07) is 7.05. The third-order valence-electron chi connectivity index (χ3n) is 3.80. The summed E-state index contributed by atoms with van der Waals surface area (Å²) in [7, 11) is 1.45. The standard InChI is InChI=1S/C19H20ClN3O3/c1-10(2)5-14-7-13(6-11(3)21-14)19-22-18(23-26-19)12-8-15(20)17(24)16(9-12)25-4/h6-10,24H,5H2,1-4H3. The second-order valence-corrected chi connectivity index (χ2v) is 6.93. The van der Waals surface area contributed by atoms with Crippen LogP contribution in [0.15, 0.2) is 28.8 Å². The highest BCUT2D eigenvalue weighted by Crippen LogP contribution is 2.38. The summed E-state index contributed by atoms with van der Waals surface area (Å²) in [5.41, 5.74) is 3.30. The van der Waals surface area contributed by atoms with Crippen molar-refractivity contribution in [3.63, 3.8) is 0 Å². The van der Waals surface area contributed by atoms with Crippen LogP contribution in [0.25, 0.3) is 22.8 Å². The first-order valence-electron chi connectivity index (χ1n) is 8.26. The van der Waals surface area contributed by atoms with Crippen LogP contribution >= 0.6 is 11.6 Å². The maximum Gasteiger partial charge on any atom is 0.258 e. The van der Waals surface area contributed by atoms with Crippen LogP contribution in [0.2, 0.25) is 5.02 Å². The minimum absolute atomic E-state index is 0.121. The number of rotatable bonds is 5. The molecule has 0 saturated heterocycles. The number of ether oxygens (including phenoxy) is 1. The molecule has 3 rings (SSSR count). The van der Waals surface area contributed by atoms with E-state index in [1.807, 2.05) is 19.1 Å². The van der Waals surface area contributed by atoms with Crippen LogP contribution < -0.4 is 4.74 Å². The highest BCUT2D eigenvalue weighted by atomic mass is 35.5. The Morgan fingerprint density at radius 1 is 1.15 bits per heavy atom. The van der Waals surface area contributed by atoms with Gasteiger partial charge in [-0.25, -0.2) is 0 Å². The van der Waals surface area contributed by atoms with E-state index >= 15 is 0 Å². The van der Waals surface area contributed by atoms with E-state index in [4.69, 9.17) is 20.9 Å². The second-order valence-electron chi connectivity index (χ2n) is 6.52. The van der Waals surface area contributed by atoms with Crippen molar-refractivity contribution in [1.82, 2.24) is 15.1 Å². The molecule has 7 heteroatoms. The van der Waals surface area contributed by atoms with Crippen molar-refractivity contribution in [3.8, 4) is 34.3 Å². The van der Waals surface area contributed by atoms with E-state index in [1.54, 1.807) is 12.1 Å². The molecule has 136 valence electrons. The van der Waals surface area contributed by atoms with Gasteiger partial charge in [0.2, 0.25) is 5.82 Å². The van der Waals surface area contributed by atoms with E-state index in [2.05, 4.69) is 29.0 Å². The van der Waals surface area contributed by atoms with Crippen molar-refractivity contribution in [2.45, 2.75) is 27.2 Å². The molecule has 2 aromatic heterocycles. The Bertz CT molecular complexity index is 938. The molecule has 0 bridgehead atoms. The lowest BCUT2D eigenvalue weighted by Gasteiger charge is -2.07. The molecule has 0 amide bonds. The summed E-state index contributed by atoms with van der Waals surface area (Å²) < 4.78 is 10.5. The highest BCUT2D eigenvalue weighted by Gasteiger charge is 2.16. The zero-order chi connectivity index (χ0) is 18.8. The number of phenolic OH excluding ortho intramolecular Hbond substituents is 1. The van der Waals surface area contributed by atoms with Gasteiger partial charge in [0.05, 0.1) is 12.1 Å². The lowest BCUT2D eigenvalue weighted by atomic mass is 10.1. The van der Waals surface area contributed by atoms with E-state index in [9.17, 15) is 5.11 Å². The van der Waals surface area contributed by atoms with Gasteiger partial charge < -0.3 is 14.4 Å². The largest absolute Gasteiger partial charge is 0.503 e. The predicted octanol–water partition coefficient (Wildman–Crippen LogP) is 4.67. The van der Waals surface area contributed by atoms with Gasteiger partial charge in [0.15, 0.2) is 11.5 Å². The normalized spacial score (nSPS) is 11.2. The minimum Gasteiger partial charge on any atom is -0.503 e. The van der Waals surface area contributed by atoms with Crippen LogP contribution in [-0.4, -0.2) is 27.3 Å². The topological polar surface area (TPSA) is 81.3 Å². The number of methoxy groups -OCH3 is 1. The smallest absolute Gasteiger partial charge is 0.258 e. The van der Waals surface area contributed by atoms with Crippen LogP contribution in [0.3, 0.4) is 0 Å².